The van der Waals surface area contributed by atoms with Gasteiger partial charge in [-0.1, -0.05) is 24.4 Å². The molecule has 25 heavy (non-hydrogen) atoms. The second-order valence-electron chi connectivity index (χ2n) is 5.62. The van der Waals surface area contributed by atoms with E-state index < -0.39 is 5.91 Å². The Balaban J connectivity index is 1.95. The molecule has 1 heterocycles. The number of anilines is 2. The number of rotatable bonds is 9. The maximum atomic E-state index is 12.1. The van der Waals surface area contributed by atoms with E-state index in [1.165, 1.54) is 6.26 Å². The molecule has 4 N–H and O–H groups in total. The van der Waals surface area contributed by atoms with Crippen molar-refractivity contribution < 1.29 is 14.0 Å². The summed E-state index contributed by atoms with van der Waals surface area (Å²) in [6.45, 7) is 0.676. The minimum atomic E-state index is -0.412. The topological polar surface area (TPSA) is 97.4 Å². The number of carbonyl (C=O) groups excluding carboxylic acids is 2. The highest BCUT2D eigenvalue weighted by Gasteiger charge is 2.13. The van der Waals surface area contributed by atoms with Crippen molar-refractivity contribution >= 4 is 34.8 Å². The van der Waals surface area contributed by atoms with Crippen LogP contribution < -0.4 is 16.4 Å². The molecule has 0 unspecified atom stereocenters. The average molecular weight is 364 g/mol. The summed E-state index contributed by atoms with van der Waals surface area (Å²) in [6, 6.07) is 8.08. The molecule has 0 fully saturated rings. The number of furan rings is 1. The van der Waals surface area contributed by atoms with Crippen LogP contribution in [0.4, 0.5) is 11.4 Å². The van der Waals surface area contributed by atoms with Gasteiger partial charge in [-0.3, -0.25) is 9.59 Å². The smallest absolute Gasteiger partial charge is 0.291 e. The summed E-state index contributed by atoms with van der Waals surface area (Å²) in [4.78, 5) is 24.2. The molecular weight excluding hydrogens is 342 g/mol. The summed E-state index contributed by atoms with van der Waals surface area (Å²) in [5.74, 6) is -0.342. The van der Waals surface area contributed by atoms with Crippen LogP contribution in [0.2, 0.25) is 5.02 Å². The molecule has 134 valence electrons. The van der Waals surface area contributed by atoms with E-state index in [1.54, 1.807) is 30.3 Å². The predicted octanol–water partition coefficient (Wildman–Crippen LogP) is 4.03. The van der Waals surface area contributed by atoms with E-state index in [9.17, 15) is 9.59 Å². The van der Waals surface area contributed by atoms with Gasteiger partial charge >= 0.3 is 0 Å². The quantitative estimate of drug-likeness (QED) is 0.586. The van der Waals surface area contributed by atoms with Crippen molar-refractivity contribution in [3.63, 3.8) is 0 Å². The van der Waals surface area contributed by atoms with Crippen LogP contribution in [0.25, 0.3) is 0 Å². The van der Waals surface area contributed by atoms with Crippen LogP contribution in [-0.4, -0.2) is 18.4 Å². The Labute approximate surface area is 151 Å². The first-order chi connectivity index (χ1) is 12.1. The number of benzene rings is 1. The van der Waals surface area contributed by atoms with Crippen molar-refractivity contribution in [2.75, 3.05) is 17.2 Å². The van der Waals surface area contributed by atoms with Gasteiger partial charge in [-0.2, -0.15) is 0 Å². The number of hydrogen-bond donors (Lipinski definition) is 3. The largest absolute Gasteiger partial charge is 0.459 e. The van der Waals surface area contributed by atoms with Gasteiger partial charge in [-0.25, -0.2) is 0 Å². The zero-order valence-electron chi connectivity index (χ0n) is 13.9. The molecule has 0 atom stereocenters. The van der Waals surface area contributed by atoms with E-state index in [0.717, 1.165) is 25.7 Å². The Morgan fingerprint density at radius 2 is 1.84 bits per heavy atom. The Morgan fingerprint density at radius 1 is 1.04 bits per heavy atom. The third-order valence-electron chi connectivity index (χ3n) is 3.61. The van der Waals surface area contributed by atoms with E-state index in [1.807, 2.05) is 0 Å². The molecule has 0 bridgehead atoms. The van der Waals surface area contributed by atoms with Gasteiger partial charge < -0.3 is 20.8 Å². The summed E-state index contributed by atoms with van der Waals surface area (Å²) in [6.07, 6.45) is 5.59. The van der Waals surface area contributed by atoms with E-state index >= 15 is 0 Å². The molecule has 2 amide bonds. The molecule has 0 spiro atoms. The molecule has 0 aliphatic rings. The lowest BCUT2D eigenvalue weighted by atomic mass is 10.1. The molecule has 2 aromatic rings. The van der Waals surface area contributed by atoms with Crippen LogP contribution in [0.1, 0.15) is 42.7 Å². The third kappa shape index (κ3) is 6.25. The van der Waals surface area contributed by atoms with Crippen LogP contribution in [0.3, 0.4) is 0 Å². The summed E-state index contributed by atoms with van der Waals surface area (Å²) >= 11 is 6.00. The van der Waals surface area contributed by atoms with Gasteiger partial charge in [0.2, 0.25) is 5.91 Å². The Bertz CT molecular complexity index is 702. The first kappa shape index (κ1) is 19.0. The fraction of sp³-hybridized carbons (Fsp3) is 0.333. The van der Waals surface area contributed by atoms with Crippen LogP contribution in [0.5, 0.6) is 0 Å². The monoisotopic (exact) mass is 363 g/mol. The lowest BCUT2D eigenvalue weighted by Gasteiger charge is -2.12. The van der Waals surface area contributed by atoms with Crippen molar-refractivity contribution in [2.45, 2.75) is 32.1 Å². The molecule has 1 aromatic heterocycles. The normalized spacial score (nSPS) is 10.5. The second-order valence-corrected chi connectivity index (χ2v) is 6.06. The number of nitrogens with one attached hydrogen (secondary N) is 2. The fourth-order valence-corrected chi connectivity index (χ4v) is 2.49. The summed E-state index contributed by atoms with van der Waals surface area (Å²) in [7, 11) is 0. The van der Waals surface area contributed by atoms with Crippen LogP contribution in [-0.2, 0) is 4.79 Å². The molecule has 2 rings (SSSR count). The minimum absolute atomic E-state index is 0.108. The minimum Gasteiger partial charge on any atom is -0.459 e. The molecule has 7 heteroatoms. The highest BCUT2D eigenvalue weighted by molar-refractivity contribution is 6.31. The van der Waals surface area contributed by atoms with Gasteiger partial charge in [0.1, 0.15) is 0 Å². The fourth-order valence-electron chi connectivity index (χ4n) is 2.32. The Hall–Kier alpha value is -2.31. The number of carbonyl (C=O) groups is 2. The van der Waals surface area contributed by atoms with E-state index in [0.29, 0.717) is 29.4 Å². The van der Waals surface area contributed by atoms with Crippen LogP contribution in [0, 0.1) is 0 Å². The first-order valence-corrected chi connectivity index (χ1v) is 8.62. The number of nitrogens with two attached hydrogens (primary N) is 1. The molecule has 0 saturated carbocycles. The van der Waals surface area contributed by atoms with Crippen molar-refractivity contribution in [1.29, 1.82) is 0 Å². The summed E-state index contributed by atoms with van der Waals surface area (Å²) in [5, 5.41) is 5.96. The molecule has 0 aliphatic heterocycles. The van der Waals surface area contributed by atoms with Crippen molar-refractivity contribution in [3.8, 4) is 0 Å². The molecular formula is C18H22ClN3O3. The van der Waals surface area contributed by atoms with E-state index in [-0.39, 0.29) is 11.7 Å². The molecule has 0 saturated heterocycles. The van der Waals surface area contributed by atoms with Crippen molar-refractivity contribution in [2.24, 2.45) is 5.73 Å². The van der Waals surface area contributed by atoms with Crippen LogP contribution in [0.15, 0.2) is 41.0 Å². The highest BCUT2D eigenvalue weighted by atomic mass is 35.5. The predicted molar refractivity (Wildman–Crippen MR) is 98.9 cm³/mol. The van der Waals surface area contributed by atoms with Gasteiger partial charge in [-0.15, -0.1) is 0 Å². The average Bonchev–Trinajstić information content (AvgIpc) is 3.12. The molecule has 6 nitrogen and oxygen atoms in total. The Morgan fingerprint density at radius 3 is 2.56 bits per heavy atom. The number of unbranched alkanes of at least 4 members (excludes halogenated alkanes) is 3. The zero-order chi connectivity index (χ0) is 18.1. The molecule has 1 aromatic carbocycles. The second kappa shape index (κ2) is 9.86. The van der Waals surface area contributed by atoms with Crippen molar-refractivity contribution in [1.82, 2.24) is 0 Å². The summed E-state index contributed by atoms with van der Waals surface area (Å²) in [5.41, 5.74) is 6.36. The number of amides is 2. The van der Waals surface area contributed by atoms with E-state index in [2.05, 4.69) is 10.6 Å². The standard InChI is InChI=1S/C18H22ClN3O3/c19-13-8-9-14(21-17(23)7-3-1-2-4-10-20)15(12-13)22-18(24)16-6-5-11-25-16/h5-6,8-9,11-12H,1-4,7,10,20H2,(H,21,23)(H,22,24). The van der Waals surface area contributed by atoms with Gasteiger partial charge in [0, 0.05) is 11.4 Å². The van der Waals surface area contributed by atoms with Gasteiger partial charge in [0.15, 0.2) is 5.76 Å². The SMILES string of the molecule is NCCCCCCC(=O)Nc1ccc(Cl)cc1NC(=O)c1ccco1. The molecule has 0 radical (unpaired) electrons. The van der Waals surface area contributed by atoms with Crippen molar-refractivity contribution in [3.05, 3.63) is 47.4 Å². The summed E-state index contributed by atoms with van der Waals surface area (Å²) < 4.78 is 5.06. The van der Waals surface area contributed by atoms with Crippen LogP contribution >= 0.6 is 11.6 Å². The number of halogens is 1. The van der Waals surface area contributed by atoms with Gasteiger partial charge in [0.05, 0.1) is 17.6 Å². The van der Waals surface area contributed by atoms with Gasteiger partial charge in [0.25, 0.3) is 5.91 Å². The molecule has 0 aliphatic carbocycles. The maximum Gasteiger partial charge on any atom is 0.291 e. The van der Waals surface area contributed by atoms with Gasteiger partial charge in [-0.05, 0) is 49.7 Å². The zero-order valence-corrected chi connectivity index (χ0v) is 14.6. The van der Waals surface area contributed by atoms with E-state index in [4.69, 9.17) is 21.8 Å². The third-order valence-corrected chi connectivity index (χ3v) is 3.84. The number of hydrogen-bond acceptors (Lipinski definition) is 4. The lowest BCUT2D eigenvalue weighted by Crippen LogP contribution is -2.16. The lowest BCUT2D eigenvalue weighted by molar-refractivity contribution is -0.116. The maximum absolute atomic E-state index is 12.1. The Kier molecular flexibility index (Phi) is 7.50. The highest BCUT2D eigenvalue weighted by Crippen LogP contribution is 2.26. The first-order valence-electron chi connectivity index (χ1n) is 8.24.